The summed E-state index contributed by atoms with van der Waals surface area (Å²) in [5.41, 5.74) is 8.12. The van der Waals surface area contributed by atoms with E-state index in [4.69, 9.17) is 5.73 Å². The number of phenols is 1. The number of para-hydroxylation sites is 1. The van der Waals surface area contributed by atoms with Crippen LogP contribution in [0.25, 0.3) is 10.9 Å². The number of phenolic OH excluding ortho intramolecular Hbond substituents is 1. The number of hydrogen-bond acceptors (Lipinski definition) is 21. The molecule has 13 amide bonds. The number of aliphatic carboxylic acids is 3. The highest BCUT2D eigenvalue weighted by atomic mass is 33.1. The van der Waals surface area contributed by atoms with E-state index in [1.807, 2.05) is 0 Å². The second-order valence-corrected chi connectivity index (χ2v) is 33.1. The number of nitrogens with one attached hydrogen (secondary N) is 15. The molecule has 120 heavy (non-hydrogen) atoms. The summed E-state index contributed by atoms with van der Waals surface area (Å²) >= 11 is 0. The topological polar surface area (TPSA) is 581 Å². The fourth-order valence-electron chi connectivity index (χ4n) is 13.0. The number of carbonyl (C=O) groups excluding carboxylic acids is 13. The van der Waals surface area contributed by atoms with Crippen molar-refractivity contribution < 1.29 is 97.1 Å². The largest absolute Gasteiger partial charge is 0.508 e. The summed E-state index contributed by atoms with van der Waals surface area (Å²) < 4.78 is 0. The lowest BCUT2D eigenvalue weighted by molar-refractivity contribution is -0.143. The molecule has 0 saturated carbocycles. The van der Waals surface area contributed by atoms with Crippen molar-refractivity contribution in [1.29, 1.82) is 0 Å². The molecular weight excluding hydrogens is 1600 g/mol. The van der Waals surface area contributed by atoms with Gasteiger partial charge >= 0.3 is 17.9 Å². The summed E-state index contributed by atoms with van der Waals surface area (Å²) in [6.45, 7) is 14.7. The minimum absolute atomic E-state index is 0.0744. The molecule has 0 aliphatic carbocycles. The van der Waals surface area contributed by atoms with Crippen LogP contribution >= 0.6 is 21.6 Å². The number of aromatic hydroxyl groups is 1. The fraction of sp³-hybridized carbons (Fsp3) is 0.519. The monoisotopic (exact) mass is 1710 g/mol. The molecule has 3 aromatic carbocycles. The molecule has 21 N–H and O–H groups in total. The number of unbranched alkanes of at least 4 members (excludes halogenated alkanes) is 1. The van der Waals surface area contributed by atoms with Gasteiger partial charge in [-0.1, -0.05) is 150 Å². The molecule has 1 fully saturated rings. The smallest absolute Gasteiger partial charge is 0.326 e. The van der Waals surface area contributed by atoms with Gasteiger partial charge in [0.15, 0.2) is 0 Å². The van der Waals surface area contributed by atoms with Gasteiger partial charge in [0, 0.05) is 73.8 Å². The number of carboxylic acid groups (broad SMARTS) is 3. The van der Waals surface area contributed by atoms with Crippen LogP contribution in [-0.4, -0.2) is 227 Å². The molecule has 0 radical (unpaired) electrons. The van der Waals surface area contributed by atoms with Gasteiger partial charge in [0.25, 0.3) is 0 Å². The number of hydrogen-bond donors (Lipinski definition) is 20. The van der Waals surface area contributed by atoms with Crippen LogP contribution in [0.5, 0.6) is 5.75 Å². The van der Waals surface area contributed by atoms with Gasteiger partial charge in [0.1, 0.15) is 84.3 Å². The molecule has 37 nitrogen and oxygen atoms in total. The minimum atomic E-state index is -1.94. The average Bonchev–Trinajstić information content (AvgIpc) is 1.69. The van der Waals surface area contributed by atoms with E-state index in [-0.39, 0.29) is 56.5 Å². The van der Waals surface area contributed by atoms with E-state index in [1.54, 1.807) is 116 Å². The number of aromatic amines is 2. The quantitative estimate of drug-likeness (QED) is 0.0191. The number of nitrogens with zero attached hydrogens (tertiary/aromatic N) is 1. The minimum Gasteiger partial charge on any atom is -0.508 e. The Morgan fingerprint density at radius 1 is 0.542 bits per heavy atom. The van der Waals surface area contributed by atoms with E-state index in [2.05, 4.69) is 84.1 Å². The van der Waals surface area contributed by atoms with Gasteiger partial charge in [-0.15, -0.1) is 0 Å². The highest BCUT2D eigenvalue weighted by Gasteiger charge is 2.41. The van der Waals surface area contributed by atoms with Crippen molar-refractivity contribution in [1.82, 2.24) is 84.1 Å². The van der Waals surface area contributed by atoms with E-state index in [9.17, 15) is 78.0 Å². The molecular formula is C81H113N17O20S2. The average molecular weight is 1710 g/mol. The highest BCUT2D eigenvalue weighted by molar-refractivity contribution is 8.76. The number of carboxylic acids is 3. The van der Waals surface area contributed by atoms with Gasteiger partial charge in [0.2, 0.25) is 76.8 Å². The lowest BCUT2D eigenvalue weighted by Crippen LogP contribution is -2.62. The Hall–Kier alpha value is -11.6. The summed E-state index contributed by atoms with van der Waals surface area (Å²) in [5, 5.41) is 75.3. The van der Waals surface area contributed by atoms with Crippen molar-refractivity contribution in [2.75, 3.05) is 18.1 Å². The second-order valence-electron chi connectivity index (χ2n) is 30.5. The Kier molecular flexibility index (Phi) is 39.3. The van der Waals surface area contributed by atoms with Crippen LogP contribution < -0.4 is 74.9 Å². The first kappa shape index (κ1) is 97.2. The third kappa shape index (κ3) is 31.3. The number of carbonyl (C=O) groups is 16. The maximum Gasteiger partial charge on any atom is 0.326 e. The van der Waals surface area contributed by atoms with E-state index < -0.39 is 234 Å². The number of amides is 13. The van der Waals surface area contributed by atoms with Crippen molar-refractivity contribution in [3.05, 3.63) is 120 Å². The number of H-pyrrole nitrogens is 2. The molecule has 0 spiro atoms. The lowest BCUT2D eigenvalue weighted by Gasteiger charge is -2.31. The SMILES string of the molecule is CC[C@H](C)[C@H](NC(=O)[C@H](CC(=O)O)NC(=O)[C@H](CC(C)C)NC(=O)[C@H](Cc1c[nH]cn1)NC(=O)[C@@H]1CSSC[C@H](NC(=O)[C@H](CCC(=O)O)NC(=O)[C@@H](CCCCN)NC(C)=O)C(=O)N[C@@H](C(C)C)C(=O)N[C@@H](Cc2ccc(O)cc2)C(=O)N[C@@H](Cc2ccccc2)C(=O)N1)C(=O)N[C@H](C(=O)N[C@@H](Cc1c[nH]c2ccccc12)C(=O)O)[C@@H](C)CC. The maximum atomic E-state index is 15.4. The van der Waals surface area contributed by atoms with Crippen molar-refractivity contribution in [2.45, 2.75) is 224 Å². The third-order valence-corrected chi connectivity index (χ3v) is 22.6. The summed E-state index contributed by atoms with van der Waals surface area (Å²) in [4.78, 5) is 237. The molecule has 1 aliphatic heterocycles. The number of aromatic nitrogens is 3. The van der Waals surface area contributed by atoms with E-state index >= 15 is 19.2 Å². The standard InChI is InChI=1S/C81H113N17O20S2/c1-10-44(7)67(79(115)93-61(81(117)118)34-49-37-84-53-22-16-15-21-52(49)53)98-80(116)68(45(8)11-2)97-75(111)60(36-65(103)104)91-71(107)56(31-42(3)4)88-74(110)59(35-50-38-83-41-85-50)90-76(112)62-39-119-120-40-63(94-70(106)55(28-29-64(101)102)87-69(105)54(86-46(9)99)23-17-18-30-82)77(113)96-66(43(5)6)78(114)92-58(33-48-24-26-51(100)27-25-48)72(108)89-57(73(109)95-62)32-47-19-13-12-14-20-47/h12-16,19-22,24-27,37-38,41-45,54-63,66-68,84,100H,10-11,17-18,23,28-36,39-40,82H2,1-9H3,(H,83,85)(H,86,99)(H,87,105)(H,88,110)(H,89,108)(H,90,112)(H,91,107)(H,92,114)(H,93,115)(H,94,106)(H,95,109)(H,96,113)(H,97,111)(H,98,116)(H,101,102)(H,103,104)(H,117,118)/t44-,45-,54+,55-,56-,57-,58-,59-,60-,61-,62-,63-,66-,67-,68-/m0/s1. The molecule has 3 heterocycles. The van der Waals surface area contributed by atoms with Gasteiger partial charge < -0.3 is 105 Å². The zero-order valence-electron chi connectivity index (χ0n) is 68.5. The van der Waals surface area contributed by atoms with Crippen LogP contribution in [0.15, 0.2) is 97.6 Å². The highest BCUT2D eigenvalue weighted by Crippen LogP contribution is 2.26. The molecule has 2 aromatic heterocycles. The predicted molar refractivity (Wildman–Crippen MR) is 445 cm³/mol. The van der Waals surface area contributed by atoms with Gasteiger partial charge in [-0.25, -0.2) is 9.78 Å². The van der Waals surface area contributed by atoms with Crippen molar-refractivity contribution in [3.8, 4) is 5.75 Å². The van der Waals surface area contributed by atoms with Crippen LogP contribution in [0, 0.1) is 23.7 Å². The summed E-state index contributed by atoms with van der Waals surface area (Å²) in [6, 6.07) is 0.808. The zero-order chi connectivity index (χ0) is 88.4. The summed E-state index contributed by atoms with van der Waals surface area (Å²) in [7, 11) is 1.70. The van der Waals surface area contributed by atoms with Gasteiger partial charge in [-0.05, 0) is 97.2 Å². The Morgan fingerprint density at radius 2 is 1.09 bits per heavy atom. The van der Waals surface area contributed by atoms with E-state index in [0.717, 1.165) is 32.5 Å². The van der Waals surface area contributed by atoms with Crippen LogP contribution in [0.2, 0.25) is 0 Å². The van der Waals surface area contributed by atoms with Crippen LogP contribution in [-0.2, 0) is 102 Å². The molecule has 39 heteroatoms. The van der Waals surface area contributed by atoms with Crippen molar-refractivity contribution in [2.24, 2.45) is 29.4 Å². The van der Waals surface area contributed by atoms with E-state index in [1.165, 1.54) is 43.7 Å². The molecule has 654 valence electrons. The Labute approximate surface area is 702 Å². The first-order valence-electron chi connectivity index (χ1n) is 39.9. The predicted octanol–water partition coefficient (Wildman–Crippen LogP) is 0.932. The van der Waals surface area contributed by atoms with Gasteiger partial charge in [-0.3, -0.25) is 71.9 Å². The van der Waals surface area contributed by atoms with Crippen molar-refractivity contribution >= 4 is 127 Å². The number of fused-ring (bicyclic) bond motifs is 1. The summed E-state index contributed by atoms with van der Waals surface area (Å²) in [5.74, 6) is -20.3. The Balaban J connectivity index is 1.34. The fourth-order valence-corrected chi connectivity index (χ4v) is 15.4. The molecule has 0 unspecified atom stereocenters. The van der Waals surface area contributed by atoms with Crippen molar-refractivity contribution in [3.63, 3.8) is 0 Å². The number of nitrogens with two attached hydrogens (primary N) is 1. The molecule has 15 atom stereocenters. The number of imidazole rings is 1. The van der Waals surface area contributed by atoms with Gasteiger partial charge in [0.05, 0.1) is 18.4 Å². The van der Waals surface area contributed by atoms with Crippen LogP contribution in [0.1, 0.15) is 142 Å². The normalized spacial score (nSPS) is 18.7. The molecule has 1 aliphatic rings. The maximum absolute atomic E-state index is 15.4. The third-order valence-electron chi connectivity index (χ3n) is 20.2. The summed E-state index contributed by atoms with van der Waals surface area (Å²) in [6.07, 6.45) is 2.25. The Morgan fingerprint density at radius 3 is 1.68 bits per heavy atom. The van der Waals surface area contributed by atoms with Gasteiger partial charge in [-0.2, -0.15) is 0 Å². The zero-order valence-corrected chi connectivity index (χ0v) is 70.2. The molecule has 0 bridgehead atoms. The molecule has 1 saturated heterocycles. The number of benzene rings is 3. The van der Waals surface area contributed by atoms with Crippen LogP contribution in [0.4, 0.5) is 0 Å². The Bertz CT molecular complexity index is 4340. The molecule has 6 rings (SSSR count). The number of rotatable bonds is 42. The first-order chi connectivity index (χ1) is 57.0. The van der Waals surface area contributed by atoms with Crippen LogP contribution in [0.3, 0.4) is 0 Å². The lowest BCUT2D eigenvalue weighted by atomic mass is 9.94. The molecule has 5 aromatic rings. The first-order valence-corrected chi connectivity index (χ1v) is 42.3. The second kappa shape index (κ2) is 48.5. The van der Waals surface area contributed by atoms with E-state index in [0.29, 0.717) is 36.0 Å².